The SMILES string of the molecule is Cc1cc(N)c(Cl)cc1NS(=O)(=O)N1CCCCC1C. The maximum atomic E-state index is 12.5. The lowest BCUT2D eigenvalue weighted by atomic mass is 10.1. The van der Waals surface area contributed by atoms with Crippen LogP contribution >= 0.6 is 11.6 Å². The highest BCUT2D eigenvalue weighted by atomic mass is 35.5. The van der Waals surface area contributed by atoms with Crippen molar-refractivity contribution in [3.8, 4) is 0 Å². The molecule has 0 amide bonds. The fourth-order valence-corrected chi connectivity index (χ4v) is 4.17. The molecule has 1 unspecified atom stereocenters. The van der Waals surface area contributed by atoms with Crippen LogP contribution in [-0.4, -0.2) is 25.3 Å². The minimum Gasteiger partial charge on any atom is -0.398 e. The van der Waals surface area contributed by atoms with Crippen molar-refractivity contribution in [3.05, 3.63) is 22.7 Å². The summed E-state index contributed by atoms with van der Waals surface area (Å²) in [5, 5.41) is 0.347. The molecule has 3 N–H and O–H groups in total. The van der Waals surface area contributed by atoms with Crippen molar-refractivity contribution >= 4 is 33.2 Å². The quantitative estimate of drug-likeness (QED) is 0.842. The molecule has 20 heavy (non-hydrogen) atoms. The van der Waals surface area contributed by atoms with Crippen LogP contribution in [0.1, 0.15) is 31.7 Å². The fraction of sp³-hybridized carbons (Fsp3) is 0.538. The number of nitrogens with one attached hydrogen (secondary N) is 1. The Hall–Kier alpha value is -0.980. The van der Waals surface area contributed by atoms with E-state index >= 15 is 0 Å². The highest BCUT2D eigenvalue weighted by molar-refractivity contribution is 7.90. The number of nitrogen functional groups attached to an aromatic ring is 1. The normalized spacial score (nSPS) is 20.9. The van der Waals surface area contributed by atoms with Crippen molar-refractivity contribution in [1.82, 2.24) is 4.31 Å². The Morgan fingerprint density at radius 1 is 1.40 bits per heavy atom. The van der Waals surface area contributed by atoms with E-state index in [1.165, 1.54) is 4.31 Å². The van der Waals surface area contributed by atoms with Gasteiger partial charge in [-0.15, -0.1) is 0 Å². The van der Waals surface area contributed by atoms with Gasteiger partial charge in [0.2, 0.25) is 0 Å². The first kappa shape index (κ1) is 15.4. The molecule has 0 saturated carbocycles. The summed E-state index contributed by atoms with van der Waals surface area (Å²) in [5.41, 5.74) is 7.37. The van der Waals surface area contributed by atoms with Gasteiger partial charge < -0.3 is 5.73 Å². The molecular formula is C13H20ClN3O2S. The molecule has 0 radical (unpaired) electrons. The van der Waals surface area contributed by atoms with Crippen molar-refractivity contribution in [2.24, 2.45) is 0 Å². The molecule has 1 aliphatic heterocycles. The van der Waals surface area contributed by atoms with Crippen molar-refractivity contribution in [1.29, 1.82) is 0 Å². The van der Waals surface area contributed by atoms with Crippen LogP contribution in [0.25, 0.3) is 0 Å². The molecule has 0 aliphatic carbocycles. The molecule has 1 heterocycles. The zero-order valence-corrected chi connectivity index (χ0v) is 13.3. The molecule has 1 aromatic carbocycles. The molecule has 7 heteroatoms. The third-order valence-corrected chi connectivity index (χ3v) is 5.60. The molecule has 0 spiro atoms. The predicted molar refractivity (Wildman–Crippen MR) is 83.2 cm³/mol. The molecule has 5 nitrogen and oxygen atoms in total. The van der Waals surface area contributed by atoms with Gasteiger partial charge in [0, 0.05) is 12.6 Å². The summed E-state index contributed by atoms with van der Waals surface area (Å²) in [6.45, 7) is 4.28. The summed E-state index contributed by atoms with van der Waals surface area (Å²) < 4.78 is 29.0. The average molecular weight is 318 g/mol. The van der Waals surface area contributed by atoms with Gasteiger partial charge in [-0.05, 0) is 44.4 Å². The average Bonchev–Trinajstić information content (AvgIpc) is 2.36. The topological polar surface area (TPSA) is 75.4 Å². The van der Waals surface area contributed by atoms with Gasteiger partial charge >= 0.3 is 10.2 Å². The zero-order valence-electron chi connectivity index (χ0n) is 11.7. The Balaban J connectivity index is 2.26. The molecule has 112 valence electrons. The number of hydrogen-bond acceptors (Lipinski definition) is 3. The van der Waals surface area contributed by atoms with Crippen LogP contribution in [0.15, 0.2) is 12.1 Å². The van der Waals surface area contributed by atoms with Crippen LogP contribution in [0.3, 0.4) is 0 Å². The number of piperidine rings is 1. The minimum absolute atomic E-state index is 0.0193. The third kappa shape index (κ3) is 3.19. The van der Waals surface area contributed by atoms with Gasteiger partial charge in [0.05, 0.1) is 16.4 Å². The Labute approximate surface area is 125 Å². The van der Waals surface area contributed by atoms with Gasteiger partial charge in [-0.25, -0.2) is 0 Å². The number of anilines is 2. The van der Waals surface area contributed by atoms with E-state index in [4.69, 9.17) is 17.3 Å². The number of nitrogens with two attached hydrogens (primary N) is 1. The number of hydrogen-bond donors (Lipinski definition) is 2. The van der Waals surface area contributed by atoms with E-state index in [0.717, 1.165) is 24.8 Å². The first-order valence-electron chi connectivity index (χ1n) is 6.66. The largest absolute Gasteiger partial charge is 0.398 e. The van der Waals surface area contributed by atoms with Gasteiger partial charge in [0.1, 0.15) is 0 Å². The van der Waals surface area contributed by atoms with Crippen LogP contribution in [-0.2, 0) is 10.2 Å². The molecule has 1 aromatic rings. The second kappa shape index (κ2) is 5.79. The van der Waals surface area contributed by atoms with Crippen molar-refractivity contribution < 1.29 is 8.42 Å². The minimum atomic E-state index is -3.55. The van der Waals surface area contributed by atoms with E-state index in [1.807, 2.05) is 6.92 Å². The lowest BCUT2D eigenvalue weighted by Crippen LogP contribution is -2.44. The summed E-state index contributed by atoms with van der Waals surface area (Å²) >= 11 is 5.96. The maximum Gasteiger partial charge on any atom is 0.301 e. The molecule has 1 saturated heterocycles. The lowest BCUT2D eigenvalue weighted by Gasteiger charge is -2.32. The van der Waals surface area contributed by atoms with E-state index in [2.05, 4.69) is 4.72 Å². The smallest absolute Gasteiger partial charge is 0.301 e. The molecule has 0 bridgehead atoms. The van der Waals surface area contributed by atoms with Gasteiger partial charge in [0.25, 0.3) is 0 Å². The van der Waals surface area contributed by atoms with Crippen LogP contribution < -0.4 is 10.5 Å². The summed E-state index contributed by atoms with van der Waals surface area (Å²) in [5.74, 6) is 0. The van der Waals surface area contributed by atoms with Gasteiger partial charge in [0.15, 0.2) is 0 Å². The molecule has 1 atom stereocenters. The highest BCUT2D eigenvalue weighted by Crippen LogP contribution is 2.29. The van der Waals surface area contributed by atoms with Gasteiger partial charge in [-0.2, -0.15) is 12.7 Å². The first-order chi connectivity index (χ1) is 9.31. The van der Waals surface area contributed by atoms with E-state index < -0.39 is 10.2 Å². The summed E-state index contributed by atoms with van der Waals surface area (Å²) in [7, 11) is -3.55. The maximum absolute atomic E-state index is 12.5. The summed E-state index contributed by atoms with van der Waals surface area (Å²) in [6.07, 6.45) is 2.86. The number of nitrogens with zero attached hydrogens (tertiary/aromatic N) is 1. The third-order valence-electron chi connectivity index (χ3n) is 3.63. The van der Waals surface area contributed by atoms with Crippen molar-refractivity contribution in [2.75, 3.05) is 17.0 Å². The Bertz CT molecular complexity index is 604. The Morgan fingerprint density at radius 3 is 2.75 bits per heavy atom. The van der Waals surface area contributed by atoms with Crippen LogP contribution in [0, 0.1) is 6.92 Å². The summed E-state index contributed by atoms with van der Waals surface area (Å²) in [6, 6.07) is 3.24. The second-order valence-electron chi connectivity index (χ2n) is 5.25. The predicted octanol–water partition coefficient (Wildman–Crippen LogP) is 2.76. The van der Waals surface area contributed by atoms with E-state index in [0.29, 0.717) is 22.9 Å². The molecule has 1 aliphatic rings. The number of benzene rings is 1. The standard InChI is InChI=1S/C13H20ClN3O2S/c1-9-7-12(15)11(14)8-13(9)16-20(18,19)17-6-4-3-5-10(17)2/h7-8,10,16H,3-6,15H2,1-2H3. The molecular weight excluding hydrogens is 298 g/mol. The second-order valence-corrected chi connectivity index (χ2v) is 7.28. The zero-order chi connectivity index (χ0) is 14.9. The lowest BCUT2D eigenvalue weighted by molar-refractivity contribution is 0.270. The molecule has 2 rings (SSSR count). The van der Waals surface area contributed by atoms with E-state index in [1.54, 1.807) is 19.1 Å². The van der Waals surface area contributed by atoms with E-state index in [-0.39, 0.29) is 6.04 Å². The molecule has 0 aromatic heterocycles. The fourth-order valence-electron chi connectivity index (χ4n) is 2.44. The van der Waals surface area contributed by atoms with Gasteiger partial charge in [-0.3, -0.25) is 4.72 Å². The number of halogens is 1. The van der Waals surface area contributed by atoms with Gasteiger partial charge in [-0.1, -0.05) is 18.0 Å². The summed E-state index contributed by atoms with van der Waals surface area (Å²) in [4.78, 5) is 0. The van der Waals surface area contributed by atoms with E-state index in [9.17, 15) is 8.42 Å². The number of rotatable bonds is 3. The van der Waals surface area contributed by atoms with Crippen LogP contribution in [0.2, 0.25) is 5.02 Å². The van der Waals surface area contributed by atoms with Crippen LogP contribution in [0.4, 0.5) is 11.4 Å². The van der Waals surface area contributed by atoms with Crippen molar-refractivity contribution in [2.45, 2.75) is 39.2 Å². The molecule has 1 fully saturated rings. The Morgan fingerprint density at radius 2 is 2.10 bits per heavy atom. The highest BCUT2D eigenvalue weighted by Gasteiger charge is 2.29. The Kier molecular flexibility index (Phi) is 4.46. The van der Waals surface area contributed by atoms with Crippen LogP contribution in [0.5, 0.6) is 0 Å². The first-order valence-corrected chi connectivity index (χ1v) is 8.48. The number of aryl methyl sites for hydroxylation is 1. The van der Waals surface area contributed by atoms with Crippen molar-refractivity contribution in [3.63, 3.8) is 0 Å². The monoisotopic (exact) mass is 317 g/mol.